The molecule has 0 bridgehead atoms. The third kappa shape index (κ3) is 3.52. The molecule has 28 heavy (non-hydrogen) atoms. The Labute approximate surface area is 163 Å². The summed E-state index contributed by atoms with van der Waals surface area (Å²) in [5.41, 5.74) is 2.94. The lowest BCUT2D eigenvalue weighted by molar-refractivity contribution is -0.141. The number of fused-ring (bicyclic) bond motifs is 2. The first-order valence-corrected chi connectivity index (χ1v) is 9.11. The number of esters is 1. The molecule has 0 saturated carbocycles. The predicted octanol–water partition coefficient (Wildman–Crippen LogP) is 3.10. The van der Waals surface area contributed by atoms with Crippen molar-refractivity contribution in [3.63, 3.8) is 0 Å². The van der Waals surface area contributed by atoms with Crippen molar-refractivity contribution in [3.05, 3.63) is 41.5 Å². The van der Waals surface area contributed by atoms with Crippen molar-refractivity contribution in [3.8, 4) is 23.0 Å². The Bertz CT molecular complexity index is 895. The Kier molecular flexibility index (Phi) is 4.90. The number of methoxy groups -OCH3 is 1. The zero-order chi connectivity index (χ0) is 19.7. The predicted molar refractivity (Wildman–Crippen MR) is 103 cm³/mol. The van der Waals surface area contributed by atoms with E-state index >= 15 is 0 Å². The number of benzene rings is 2. The van der Waals surface area contributed by atoms with Gasteiger partial charge in [-0.3, -0.25) is 4.79 Å². The van der Waals surface area contributed by atoms with Gasteiger partial charge in [-0.15, -0.1) is 0 Å². The van der Waals surface area contributed by atoms with E-state index in [0.29, 0.717) is 25.4 Å². The van der Waals surface area contributed by atoms with E-state index in [1.807, 2.05) is 49.3 Å². The van der Waals surface area contributed by atoms with E-state index in [0.717, 1.165) is 34.1 Å². The number of anilines is 1. The van der Waals surface area contributed by atoms with Crippen molar-refractivity contribution in [2.24, 2.45) is 0 Å². The van der Waals surface area contributed by atoms with Crippen molar-refractivity contribution in [1.29, 1.82) is 0 Å². The van der Waals surface area contributed by atoms with Crippen LogP contribution in [0.5, 0.6) is 23.0 Å². The summed E-state index contributed by atoms with van der Waals surface area (Å²) in [5, 5.41) is 0. The summed E-state index contributed by atoms with van der Waals surface area (Å²) in [7, 11) is 5.35. The van der Waals surface area contributed by atoms with Gasteiger partial charge in [-0.2, -0.15) is 0 Å². The van der Waals surface area contributed by atoms with Crippen LogP contribution in [0, 0.1) is 0 Å². The number of hydrogen-bond donors (Lipinski definition) is 0. The van der Waals surface area contributed by atoms with Crippen molar-refractivity contribution in [1.82, 2.24) is 0 Å². The Hall–Kier alpha value is -3.09. The number of ether oxygens (including phenoxy) is 5. The Morgan fingerprint density at radius 1 is 1.14 bits per heavy atom. The van der Waals surface area contributed by atoms with Crippen LogP contribution in [0.4, 0.5) is 5.69 Å². The number of rotatable bonds is 6. The molecule has 0 radical (unpaired) electrons. The molecule has 0 N–H and O–H groups in total. The smallest absolute Gasteiger partial charge is 0.306 e. The molecule has 0 fully saturated rings. The standard InChI is InChI=1S/C21H23NO6/c1-22(2)15-6-14(21-19(8-15)27-12-28-21)11-25-16-4-5-17-13(7-20(23)24-3)10-26-18(17)9-16/h4-6,8-9,13H,7,10-12H2,1-3H3. The van der Waals surface area contributed by atoms with Gasteiger partial charge in [0.25, 0.3) is 0 Å². The molecule has 1 unspecified atom stereocenters. The van der Waals surface area contributed by atoms with E-state index in [-0.39, 0.29) is 18.7 Å². The highest BCUT2D eigenvalue weighted by atomic mass is 16.7. The minimum atomic E-state index is -0.237. The summed E-state index contributed by atoms with van der Waals surface area (Å²) >= 11 is 0. The SMILES string of the molecule is COC(=O)CC1COc2cc(OCc3cc(N(C)C)cc4c3OCO4)ccc21. The lowest BCUT2D eigenvalue weighted by Crippen LogP contribution is -2.09. The van der Waals surface area contributed by atoms with E-state index in [1.165, 1.54) is 7.11 Å². The minimum absolute atomic E-state index is 0.0158. The molecule has 2 heterocycles. The third-order valence-corrected chi connectivity index (χ3v) is 4.95. The maximum absolute atomic E-state index is 11.5. The molecule has 2 aromatic carbocycles. The fourth-order valence-corrected chi connectivity index (χ4v) is 3.39. The van der Waals surface area contributed by atoms with E-state index < -0.39 is 0 Å². The lowest BCUT2D eigenvalue weighted by Gasteiger charge is -2.16. The molecular formula is C21H23NO6. The highest BCUT2D eigenvalue weighted by molar-refractivity contribution is 5.71. The van der Waals surface area contributed by atoms with Gasteiger partial charge >= 0.3 is 5.97 Å². The van der Waals surface area contributed by atoms with Crippen LogP contribution < -0.4 is 23.8 Å². The van der Waals surface area contributed by atoms with Gasteiger partial charge in [0.15, 0.2) is 11.5 Å². The molecule has 0 amide bonds. The van der Waals surface area contributed by atoms with E-state index in [1.54, 1.807) is 0 Å². The molecule has 2 aliphatic rings. The topological polar surface area (TPSA) is 66.5 Å². The van der Waals surface area contributed by atoms with Crippen LogP contribution in [-0.2, 0) is 16.1 Å². The van der Waals surface area contributed by atoms with Gasteiger partial charge in [0, 0.05) is 49.0 Å². The molecule has 148 valence electrons. The van der Waals surface area contributed by atoms with Crippen LogP contribution in [0.1, 0.15) is 23.5 Å². The number of carbonyl (C=O) groups is 1. The first-order valence-electron chi connectivity index (χ1n) is 9.11. The molecule has 2 aromatic rings. The minimum Gasteiger partial charge on any atom is -0.492 e. The monoisotopic (exact) mass is 385 g/mol. The Balaban J connectivity index is 1.49. The van der Waals surface area contributed by atoms with Crippen LogP contribution in [-0.4, -0.2) is 40.6 Å². The van der Waals surface area contributed by atoms with Gasteiger partial charge in [0.2, 0.25) is 6.79 Å². The molecule has 0 aromatic heterocycles. The van der Waals surface area contributed by atoms with E-state index in [9.17, 15) is 4.79 Å². The van der Waals surface area contributed by atoms with E-state index in [4.69, 9.17) is 23.7 Å². The van der Waals surface area contributed by atoms with Crippen molar-refractivity contribution < 1.29 is 28.5 Å². The second kappa shape index (κ2) is 7.50. The molecule has 7 heteroatoms. The second-order valence-corrected chi connectivity index (χ2v) is 7.01. The maximum Gasteiger partial charge on any atom is 0.306 e. The highest BCUT2D eigenvalue weighted by Gasteiger charge is 2.27. The molecular weight excluding hydrogens is 362 g/mol. The highest BCUT2D eigenvalue weighted by Crippen LogP contribution is 2.41. The van der Waals surface area contributed by atoms with Crippen LogP contribution in [0.25, 0.3) is 0 Å². The van der Waals surface area contributed by atoms with Gasteiger partial charge in [0.05, 0.1) is 20.1 Å². The van der Waals surface area contributed by atoms with Gasteiger partial charge in [-0.05, 0) is 12.1 Å². The fourth-order valence-electron chi connectivity index (χ4n) is 3.39. The molecule has 1 atom stereocenters. The van der Waals surface area contributed by atoms with Gasteiger partial charge in [-0.1, -0.05) is 6.07 Å². The molecule has 2 aliphatic heterocycles. The van der Waals surface area contributed by atoms with Crippen LogP contribution >= 0.6 is 0 Å². The quantitative estimate of drug-likeness (QED) is 0.708. The van der Waals surface area contributed by atoms with Crippen LogP contribution in [0.3, 0.4) is 0 Å². The average Bonchev–Trinajstić information content (AvgIpc) is 3.32. The van der Waals surface area contributed by atoms with Gasteiger partial charge < -0.3 is 28.6 Å². The molecule has 7 nitrogen and oxygen atoms in total. The average molecular weight is 385 g/mol. The Morgan fingerprint density at radius 2 is 2.00 bits per heavy atom. The summed E-state index contributed by atoms with van der Waals surface area (Å²) in [6.07, 6.45) is 0.310. The summed E-state index contributed by atoms with van der Waals surface area (Å²) in [4.78, 5) is 13.6. The number of nitrogens with zero attached hydrogens (tertiary/aromatic N) is 1. The maximum atomic E-state index is 11.5. The molecule has 0 spiro atoms. The van der Waals surface area contributed by atoms with Crippen LogP contribution in [0.15, 0.2) is 30.3 Å². The first-order chi connectivity index (χ1) is 13.5. The zero-order valence-electron chi connectivity index (χ0n) is 16.2. The summed E-state index contributed by atoms with van der Waals surface area (Å²) in [6.45, 7) is 1.03. The molecule has 0 saturated heterocycles. The van der Waals surface area contributed by atoms with E-state index in [2.05, 4.69) is 0 Å². The molecule has 4 rings (SSSR count). The third-order valence-electron chi connectivity index (χ3n) is 4.95. The summed E-state index contributed by atoms with van der Waals surface area (Å²) in [6, 6.07) is 9.69. The lowest BCUT2D eigenvalue weighted by atomic mass is 9.98. The summed E-state index contributed by atoms with van der Waals surface area (Å²) in [5.74, 6) is 2.67. The van der Waals surface area contributed by atoms with Crippen LogP contribution in [0.2, 0.25) is 0 Å². The van der Waals surface area contributed by atoms with Crippen molar-refractivity contribution in [2.45, 2.75) is 18.9 Å². The zero-order valence-corrected chi connectivity index (χ0v) is 16.2. The first kappa shape index (κ1) is 18.3. The number of hydrogen-bond acceptors (Lipinski definition) is 7. The number of carbonyl (C=O) groups excluding carboxylic acids is 1. The Morgan fingerprint density at radius 3 is 2.79 bits per heavy atom. The molecule has 0 aliphatic carbocycles. The largest absolute Gasteiger partial charge is 0.492 e. The van der Waals surface area contributed by atoms with Crippen molar-refractivity contribution in [2.75, 3.05) is 39.5 Å². The van der Waals surface area contributed by atoms with Gasteiger partial charge in [0.1, 0.15) is 18.1 Å². The normalized spacial score (nSPS) is 16.3. The van der Waals surface area contributed by atoms with Gasteiger partial charge in [-0.25, -0.2) is 0 Å². The second-order valence-electron chi connectivity index (χ2n) is 7.01. The fraction of sp³-hybridized carbons (Fsp3) is 0.381. The van der Waals surface area contributed by atoms with Crippen molar-refractivity contribution >= 4 is 11.7 Å². The summed E-state index contributed by atoms with van der Waals surface area (Å²) < 4.78 is 27.6.